The maximum atomic E-state index is 5.38. The van der Waals surface area contributed by atoms with Gasteiger partial charge >= 0.3 is 0 Å². The van der Waals surface area contributed by atoms with Gasteiger partial charge in [0.25, 0.3) is 0 Å². The molecule has 4 nitrogen and oxygen atoms in total. The van der Waals surface area contributed by atoms with Crippen LogP contribution in [0, 0.1) is 0 Å². The van der Waals surface area contributed by atoms with Crippen LogP contribution < -0.4 is 0 Å². The molecule has 1 N–H and O–H groups in total. The van der Waals surface area contributed by atoms with Gasteiger partial charge in [-0.05, 0) is 12.5 Å². The van der Waals surface area contributed by atoms with Crippen LogP contribution in [0.4, 0.5) is 0 Å². The molecule has 0 spiro atoms. The summed E-state index contributed by atoms with van der Waals surface area (Å²) < 4.78 is 5.38. The Hall–Kier alpha value is -1.42. The summed E-state index contributed by atoms with van der Waals surface area (Å²) in [5.41, 5.74) is 1.90. The Bertz CT molecular complexity index is 377. The van der Waals surface area contributed by atoms with Gasteiger partial charge in [0.2, 0.25) is 0 Å². The average Bonchev–Trinajstić information content (AvgIpc) is 2.60. The number of hydrogen-bond donors (Lipinski definition) is 1. The summed E-state index contributed by atoms with van der Waals surface area (Å²) in [5, 5.41) is 0. The number of aromatic amines is 1. The standard InChI is InChI=1S/C10H13N3O/c1-2-5-14-7-10-12-8-3-4-11-6-9(8)13-10/h3-4,6H,2,5,7H2,1H3,(H,12,13). The lowest BCUT2D eigenvalue weighted by molar-refractivity contribution is 0.117. The number of aromatic nitrogens is 3. The van der Waals surface area contributed by atoms with Crippen LogP contribution >= 0.6 is 0 Å². The zero-order chi connectivity index (χ0) is 9.80. The van der Waals surface area contributed by atoms with E-state index < -0.39 is 0 Å². The Balaban J connectivity index is 2.11. The molecule has 4 heteroatoms. The van der Waals surface area contributed by atoms with Crippen molar-refractivity contribution in [3.8, 4) is 0 Å². The van der Waals surface area contributed by atoms with Gasteiger partial charge in [-0.15, -0.1) is 0 Å². The van der Waals surface area contributed by atoms with Gasteiger partial charge in [-0.2, -0.15) is 0 Å². The van der Waals surface area contributed by atoms with Crippen molar-refractivity contribution in [3.05, 3.63) is 24.3 Å². The lowest BCUT2D eigenvalue weighted by Gasteiger charge is -1.97. The average molecular weight is 191 g/mol. The molecule has 0 radical (unpaired) electrons. The van der Waals surface area contributed by atoms with E-state index in [9.17, 15) is 0 Å². The summed E-state index contributed by atoms with van der Waals surface area (Å²) in [7, 11) is 0. The van der Waals surface area contributed by atoms with Crippen molar-refractivity contribution in [1.29, 1.82) is 0 Å². The second-order valence-corrected chi connectivity index (χ2v) is 3.13. The summed E-state index contributed by atoms with van der Waals surface area (Å²) in [6.07, 6.45) is 4.54. The van der Waals surface area contributed by atoms with Gasteiger partial charge in [-0.1, -0.05) is 6.92 Å². The maximum absolute atomic E-state index is 5.38. The quantitative estimate of drug-likeness (QED) is 0.751. The van der Waals surface area contributed by atoms with Crippen LogP contribution in [0.25, 0.3) is 11.0 Å². The van der Waals surface area contributed by atoms with Gasteiger partial charge in [0.1, 0.15) is 12.4 Å². The Kier molecular flexibility index (Phi) is 2.74. The van der Waals surface area contributed by atoms with Crippen LogP contribution in [-0.2, 0) is 11.3 Å². The normalized spacial score (nSPS) is 10.9. The van der Waals surface area contributed by atoms with Gasteiger partial charge in [-0.3, -0.25) is 4.98 Å². The van der Waals surface area contributed by atoms with Crippen LogP contribution in [0.3, 0.4) is 0 Å². The summed E-state index contributed by atoms with van der Waals surface area (Å²) in [6.45, 7) is 3.40. The van der Waals surface area contributed by atoms with E-state index in [1.165, 1.54) is 0 Å². The van der Waals surface area contributed by atoms with Crippen LogP contribution in [0.5, 0.6) is 0 Å². The molecule has 2 aromatic rings. The number of nitrogens with one attached hydrogen (secondary N) is 1. The monoisotopic (exact) mass is 191 g/mol. The minimum Gasteiger partial charge on any atom is -0.374 e. The predicted octanol–water partition coefficient (Wildman–Crippen LogP) is 1.88. The highest BCUT2D eigenvalue weighted by atomic mass is 16.5. The van der Waals surface area contributed by atoms with E-state index in [-0.39, 0.29) is 0 Å². The van der Waals surface area contributed by atoms with Crippen molar-refractivity contribution in [2.45, 2.75) is 20.0 Å². The lowest BCUT2D eigenvalue weighted by Crippen LogP contribution is -1.95. The lowest BCUT2D eigenvalue weighted by atomic mass is 10.4. The first kappa shape index (κ1) is 9.15. The second kappa shape index (κ2) is 4.19. The number of pyridine rings is 1. The Labute approximate surface area is 82.3 Å². The van der Waals surface area contributed by atoms with Crippen molar-refractivity contribution in [2.75, 3.05) is 6.61 Å². The van der Waals surface area contributed by atoms with Crippen LogP contribution in [0.1, 0.15) is 19.2 Å². The molecule has 0 bridgehead atoms. The maximum Gasteiger partial charge on any atom is 0.133 e. The van der Waals surface area contributed by atoms with E-state index in [0.717, 1.165) is 29.9 Å². The SMILES string of the molecule is CCCOCc1nc2ccncc2[nH]1. The largest absolute Gasteiger partial charge is 0.374 e. The highest BCUT2D eigenvalue weighted by Crippen LogP contribution is 2.09. The summed E-state index contributed by atoms with van der Waals surface area (Å²) in [6, 6.07) is 1.88. The first-order chi connectivity index (χ1) is 6.90. The van der Waals surface area contributed by atoms with Gasteiger partial charge in [0.15, 0.2) is 0 Å². The molecule has 0 atom stereocenters. The minimum absolute atomic E-state index is 0.544. The topological polar surface area (TPSA) is 50.8 Å². The molecule has 2 heterocycles. The van der Waals surface area contributed by atoms with Crippen molar-refractivity contribution in [2.24, 2.45) is 0 Å². The van der Waals surface area contributed by atoms with E-state index >= 15 is 0 Å². The van der Waals surface area contributed by atoms with Crippen molar-refractivity contribution < 1.29 is 4.74 Å². The fourth-order valence-electron chi connectivity index (χ4n) is 1.29. The molecule has 0 unspecified atom stereocenters. The van der Waals surface area contributed by atoms with E-state index in [1.54, 1.807) is 12.4 Å². The molecule has 0 aliphatic heterocycles. The molecule has 0 aliphatic rings. The third kappa shape index (κ3) is 1.90. The Morgan fingerprint density at radius 3 is 3.21 bits per heavy atom. The van der Waals surface area contributed by atoms with Crippen LogP contribution in [0.2, 0.25) is 0 Å². The fourth-order valence-corrected chi connectivity index (χ4v) is 1.29. The van der Waals surface area contributed by atoms with E-state index in [2.05, 4.69) is 21.9 Å². The molecule has 0 saturated heterocycles. The molecule has 14 heavy (non-hydrogen) atoms. The molecular weight excluding hydrogens is 178 g/mol. The number of nitrogens with zero attached hydrogens (tertiary/aromatic N) is 2. The van der Waals surface area contributed by atoms with E-state index in [1.807, 2.05) is 6.07 Å². The molecule has 0 aromatic carbocycles. The van der Waals surface area contributed by atoms with Crippen molar-refractivity contribution in [1.82, 2.24) is 15.0 Å². The number of imidazole rings is 1. The molecule has 2 aromatic heterocycles. The third-order valence-corrected chi connectivity index (χ3v) is 1.92. The van der Waals surface area contributed by atoms with Gasteiger partial charge in [-0.25, -0.2) is 4.98 Å². The summed E-state index contributed by atoms with van der Waals surface area (Å²) in [5.74, 6) is 0.862. The van der Waals surface area contributed by atoms with Gasteiger partial charge in [0.05, 0.1) is 17.2 Å². The highest BCUT2D eigenvalue weighted by Gasteiger charge is 2.01. The summed E-state index contributed by atoms with van der Waals surface area (Å²) >= 11 is 0. The first-order valence-corrected chi connectivity index (χ1v) is 4.76. The van der Waals surface area contributed by atoms with E-state index in [0.29, 0.717) is 6.61 Å². The first-order valence-electron chi connectivity index (χ1n) is 4.76. The smallest absolute Gasteiger partial charge is 0.133 e. The second-order valence-electron chi connectivity index (χ2n) is 3.13. The molecule has 0 amide bonds. The number of ether oxygens (including phenoxy) is 1. The number of rotatable bonds is 4. The fraction of sp³-hybridized carbons (Fsp3) is 0.400. The van der Waals surface area contributed by atoms with Gasteiger partial charge < -0.3 is 9.72 Å². The number of hydrogen-bond acceptors (Lipinski definition) is 3. The molecule has 0 fully saturated rings. The molecule has 74 valence electrons. The summed E-state index contributed by atoms with van der Waals surface area (Å²) in [4.78, 5) is 11.5. The molecule has 2 rings (SSSR count). The molecule has 0 aliphatic carbocycles. The van der Waals surface area contributed by atoms with Crippen LogP contribution in [0.15, 0.2) is 18.5 Å². The van der Waals surface area contributed by atoms with Crippen LogP contribution in [-0.4, -0.2) is 21.6 Å². The Morgan fingerprint density at radius 2 is 2.43 bits per heavy atom. The zero-order valence-electron chi connectivity index (χ0n) is 8.16. The minimum atomic E-state index is 0.544. The van der Waals surface area contributed by atoms with E-state index in [4.69, 9.17) is 4.74 Å². The van der Waals surface area contributed by atoms with Crippen molar-refractivity contribution >= 4 is 11.0 Å². The Morgan fingerprint density at radius 1 is 1.50 bits per heavy atom. The number of H-pyrrole nitrogens is 1. The van der Waals surface area contributed by atoms with Crippen molar-refractivity contribution in [3.63, 3.8) is 0 Å². The highest BCUT2D eigenvalue weighted by molar-refractivity contribution is 5.73. The predicted molar refractivity (Wildman–Crippen MR) is 53.8 cm³/mol. The number of fused-ring (bicyclic) bond motifs is 1. The molecule has 0 saturated carbocycles. The zero-order valence-corrected chi connectivity index (χ0v) is 8.16. The van der Waals surface area contributed by atoms with Gasteiger partial charge in [0, 0.05) is 12.8 Å². The third-order valence-electron chi connectivity index (χ3n) is 1.92. The molecular formula is C10H13N3O.